The highest BCUT2D eigenvalue weighted by Crippen LogP contribution is 2.19. The summed E-state index contributed by atoms with van der Waals surface area (Å²) in [7, 11) is 0. The standard InChI is InChI=1S/C25H35FN6S2/c1-6-8-9-10-23(33)29-28-18(4)24(30-31-25(34)27-7-2)22-15-17(3)32(19(22)5)16-20-11-13-21(26)14-12-20/h11-15H,6-10,16H2,1-5H3,(H,29,33)(H2,27,31,34)/b28-18+,30-24-. The molecule has 0 aliphatic heterocycles. The maximum absolute atomic E-state index is 13.3. The number of hydrogen-bond donors (Lipinski definition) is 3. The van der Waals surface area contributed by atoms with Crippen molar-refractivity contribution in [1.29, 1.82) is 0 Å². The molecular weight excluding hydrogens is 467 g/mol. The van der Waals surface area contributed by atoms with Gasteiger partial charge in [-0.1, -0.05) is 44.1 Å². The maximum Gasteiger partial charge on any atom is 0.186 e. The number of nitrogens with one attached hydrogen (secondary N) is 3. The third-order valence-electron chi connectivity index (χ3n) is 5.39. The van der Waals surface area contributed by atoms with Crippen molar-refractivity contribution in [1.82, 2.24) is 20.7 Å². The van der Waals surface area contributed by atoms with E-state index in [1.807, 2.05) is 27.7 Å². The molecule has 1 heterocycles. The van der Waals surface area contributed by atoms with Crippen molar-refractivity contribution in [3.8, 4) is 0 Å². The first-order chi connectivity index (χ1) is 16.3. The van der Waals surface area contributed by atoms with Crippen molar-refractivity contribution >= 4 is 46.0 Å². The van der Waals surface area contributed by atoms with Crippen LogP contribution >= 0.6 is 24.4 Å². The molecule has 6 nitrogen and oxygen atoms in total. The van der Waals surface area contributed by atoms with Crippen LogP contribution < -0.4 is 16.2 Å². The van der Waals surface area contributed by atoms with Crippen LogP contribution in [0.2, 0.25) is 0 Å². The first kappa shape index (κ1) is 27.6. The molecule has 0 bridgehead atoms. The molecule has 0 aliphatic rings. The molecule has 9 heteroatoms. The Labute approximate surface area is 213 Å². The molecule has 1 aromatic carbocycles. The number of aromatic nitrogens is 1. The quantitative estimate of drug-likeness (QED) is 0.167. The molecule has 2 aromatic rings. The molecule has 0 amide bonds. The Morgan fingerprint density at radius 1 is 1.03 bits per heavy atom. The van der Waals surface area contributed by atoms with Crippen molar-refractivity contribution in [3.63, 3.8) is 0 Å². The Morgan fingerprint density at radius 3 is 2.38 bits per heavy atom. The van der Waals surface area contributed by atoms with Crippen LogP contribution in [0.1, 0.15) is 69.0 Å². The van der Waals surface area contributed by atoms with Crippen LogP contribution in [0, 0.1) is 19.7 Å². The number of hydrazone groups is 2. The van der Waals surface area contributed by atoms with E-state index in [0.29, 0.717) is 34.6 Å². The van der Waals surface area contributed by atoms with Gasteiger partial charge >= 0.3 is 0 Å². The summed E-state index contributed by atoms with van der Waals surface area (Å²) >= 11 is 10.7. The minimum Gasteiger partial charge on any atom is -0.362 e. The average Bonchev–Trinajstić information content (AvgIpc) is 3.07. The monoisotopic (exact) mass is 502 g/mol. The van der Waals surface area contributed by atoms with Crippen LogP contribution in [0.25, 0.3) is 0 Å². The van der Waals surface area contributed by atoms with Gasteiger partial charge in [-0.2, -0.15) is 10.2 Å². The van der Waals surface area contributed by atoms with Crippen molar-refractivity contribution < 1.29 is 4.39 Å². The maximum atomic E-state index is 13.3. The fourth-order valence-corrected chi connectivity index (χ4v) is 3.87. The number of rotatable bonds is 11. The van der Waals surface area contributed by atoms with Crippen LogP contribution in [0.4, 0.5) is 4.39 Å². The Kier molecular flexibility index (Phi) is 11.3. The Hall–Kier alpha value is -2.65. The van der Waals surface area contributed by atoms with Crippen LogP contribution in [-0.2, 0) is 6.54 Å². The Balaban J connectivity index is 2.34. The largest absolute Gasteiger partial charge is 0.362 e. The van der Waals surface area contributed by atoms with E-state index in [2.05, 4.69) is 43.9 Å². The number of unbranched alkanes of at least 4 members (excludes halogenated alkanes) is 2. The first-order valence-electron chi connectivity index (χ1n) is 11.6. The van der Waals surface area contributed by atoms with Gasteiger partial charge in [-0.15, -0.1) is 0 Å². The summed E-state index contributed by atoms with van der Waals surface area (Å²) < 4.78 is 15.5. The van der Waals surface area contributed by atoms with Crippen molar-refractivity contribution in [3.05, 3.63) is 58.7 Å². The first-order valence-corrected chi connectivity index (χ1v) is 12.4. The number of hydrogen-bond acceptors (Lipinski definition) is 4. The van der Waals surface area contributed by atoms with Gasteiger partial charge in [0.15, 0.2) is 5.11 Å². The summed E-state index contributed by atoms with van der Waals surface area (Å²) in [6, 6.07) is 8.64. The third kappa shape index (κ3) is 8.29. The number of nitrogens with zero attached hydrogens (tertiary/aromatic N) is 3. The fourth-order valence-electron chi connectivity index (χ4n) is 3.49. The summed E-state index contributed by atoms with van der Waals surface area (Å²) in [5.41, 5.74) is 11.3. The van der Waals surface area contributed by atoms with Gasteiger partial charge in [0.25, 0.3) is 0 Å². The van der Waals surface area contributed by atoms with Crippen LogP contribution in [0.5, 0.6) is 0 Å². The lowest BCUT2D eigenvalue weighted by molar-refractivity contribution is 0.626. The van der Waals surface area contributed by atoms with E-state index in [1.165, 1.54) is 12.1 Å². The minimum absolute atomic E-state index is 0.241. The van der Waals surface area contributed by atoms with E-state index < -0.39 is 0 Å². The van der Waals surface area contributed by atoms with Gasteiger partial charge in [0, 0.05) is 30.0 Å². The van der Waals surface area contributed by atoms with E-state index >= 15 is 0 Å². The lowest BCUT2D eigenvalue weighted by Crippen LogP contribution is -2.33. The molecule has 2 rings (SSSR count). The molecule has 0 saturated carbocycles. The molecule has 0 fully saturated rings. The van der Waals surface area contributed by atoms with Gasteiger partial charge in [0.2, 0.25) is 0 Å². The van der Waals surface area contributed by atoms with Crippen LogP contribution in [0.15, 0.2) is 40.5 Å². The van der Waals surface area contributed by atoms with Crippen LogP contribution in [0.3, 0.4) is 0 Å². The van der Waals surface area contributed by atoms with E-state index in [0.717, 1.165) is 48.2 Å². The normalized spacial score (nSPS) is 11.9. The highest BCUT2D eigenvalue weighted by molar-refractivity contribution is 7.80. The molecule has 0 radical (unpaired) electrons. The summed E-state index contributed by atoms with van der Waals surface area (Å²) in [4.78, 5) is 0.713. The molecule has 1 aromatic heterocycles. The topological polar surface area (TPSA) is 65.7 Å². The average molecular weight is 503 g/mol. The molecule has 184 valence electrons. The van der Waals surface area contributed by atoms with Gasteiger partial charge in [0.1, 0.15) is 11.5 Å². The summed E-state index contributed by atoms with van der Waals surface area (Å²) in [6.45, 7) is 11.4. The molecule has 34 heavy (non-hydrogen) atoms. The van der Waals surface area contributed by atoms with Crippen molar-refractivity contribution in [2.45, 2.75) is 66.8 Å². The fraction of sp³-hybridized carbons (Fsp3) is 0.440. The van der Waals surface area contributed by atoms with Crippen molar-refractivity contribution in [2.24, 2.45) is 10.2 Å². The predicted molar refractivity (Wildman–Crippen MR) is 148 cm³/mol. The van der Waals surface area contributed by atoms with Gasteiger partial charge in [0.05, 0.1) is 10.7 Å². The van der Waals surface area contributed by atoms with E-state index in [1.54, 1.807) is 12.1 Å². The number of benzene rings is 1. The van der Waals surface area contributed by atoms with E-state index in [9.17, 15) is 4.39 Å². The second-order valence-corrected chi connectivity index (χ2v) is 9.02. The Bertz CT molecular complexity index is 1040. The zero-order valence-electron chi connectivity index (χ0n) is 20.7. The third-order valence-corrected chi connectivity index (χ3v) is 5.92. The van der Waals surface area contributed by atoms with E-state index in [4.69, 9.17) is 24.4 Å². The Morgan fingerprint density at radius 2 is 1.74 bits per heavy atom. The van der Waals surface area contributed by atoms with Gasteiger partial charge < -0.3 is 9.88 Å². The van der Waals surface area contributed by atoms with Crippen LogP contribution in [-0.4, -0.2) is 32.6 Å². The zero-order valence-corrected chi connectivity index (χ0v) is 22.3. The molecule has 3 N–H and O–H groups in total. The zero-order chi connectivity index (χ0) is 25.1. The molecule has 0 saturated heterocycles. The predicted octanol–water partition coefficient (Wildman–Crippen LogP) is 5.35. The minimum atomic E-state index is -0.241. The smallest absolute Gasteiger partial charge is 0.186 e. The van der Waals surface area contributed by atoms with Gasteiger partial charge in [-0.3, -0.25) is 10.9 Å². The summed E-state index contributed by atoms with van der Waals surface area (Å²) in [6.07, 6.45) is 4.14. The number of aryl methyl sites for hydroxylation is 1. The molecular formula is C25H35FN6S2. The summed E-state index contributed by atoms with van der Waals surface area (Å²) in [5.74, 6) is -0.241. The highest BCUT2D eigenvalue weighted by Gasteiger charge is 2.18. The van der Waals surface area contributed by atoms with Gasteiger partial charge in [-0.05, 0) is 76.5 Å². The van der Waals surface area contributed by atoms with E-state index in [-0.39, 0.29) is 5.82 Å². The lowest BCUT2D eigenvalue weighted by atomic mass is 10.1. The summed E-state index contributed by atoms with van der Waals surface area (Å²) in [5, 5.41) is 12.6. The molecule has 0 spiro atoms. The van der Waals surface area contributed by atoms with Gasteiger partial charge in [-0.25, -0.2) is 4.39 Å². The number of thiocarbonyl (C=S) groups is 2. The van der Waals surface area contributed by atoms with Crippen molar-refractivity contribution in [2.75, 3.05) is 6.54 Å². The second-order valence-electron chi connectivity index (χ2n) is 8.12. The molecule has 0 atom stereocenters. The second kappa shape index (κ2) is 13.9. The SMILES string of the molecule is CCCCCC(=S)N/N=C(C)/C(=N/NC(=S)NCC)c1cc(C)n(Cc2ccc(F)cc2)c1C. The highest BCUT2D eigenvalue weighted by atomic mass is 32.1. The number of halogens is 1. The lowest BCUT2D eigenvalue weighted by Gasteiger charge is -2.12. The molecule has 0 aliphatic carbocycles. The molecule has 0 unspecified atom stereocenters.